The Hall–Kier alpha value is -0.730. The maximum Gasteiger partial charge on any atom is 0.277 e. The Labute approximate surface area is 121 Å². The second-order valence-corrected chi connectivity index (χ2v) is 5.06. The summed E-state index contributed by atoms with van der Waals surface area (Å²) in [5.74, 6) is 0. The lowest BCUT2D eigenvalue weighted by molar-refractivity contribution is -0.233. The summed E-state index contributed by atoms with van der Waals surface area (Å²) in [6.45, 7) is -1.11. The van der Waals surface area contributed by atoms with E-state index in [0.29, 0.717) is 5.56 Å². The monoisotopic (exact) mass is 304 g/mol. The third-order valence-corrected chi connectivity index (χ3v) is 3.59. The van der Waals surface area contributed by atoms with Crippen molar-refractivity contribution >= 4 is 11.6 Å². The number of halogens is 1. The first-order valence-electron chi connectivity index (χ1n) is 6.19. The third-order valence-electron chi connectivity index (χ3n) is 3.20. The lowest BCUT2D eigenvalue weighted by Crippen LogP contribution is -2.45. The molecule has 5 atom stereocenters. The van der Waals surface area contributed by atoms with Gasteiger partial charge in [0.05, 0.1) is 13.2 Å². The zero-order valence-corrected chi connectivity index (χ0v) is 11.3. The highest BCUT2D eigenvalue weighted by molar-refractivity contribution is 6.22. The summed E-state index contributed by atoms with van der Waals surface area (Å²) in [7, 11) is 0. The van der Waals surface area contributed by atoms with Crippen LogP contribution in [0.4, 0.5) is 0 Å². The Kier molecular flexibility index (Phi) is 4.98. The fourth-order valence-electron chi connectivity index (χ4n) is 2.06. The lowest BCUT2D eigenvalue weighted by Gasteiger charge is -2.30. The van der Waals surface area contributed by atoms with Crippen LogP contribution in [0.25, 0.3) is 0 Å². The van der Waals surface area contributed by atoms with Gasteiger partial charge in [-0.2, -0.15) is 0 Å². The third kappa shape index (κ3) is 2.96. The highest BCUT2D eigenvalue weighted by Gasteiger charge is 2.47. The average molecular weight is 305 g/mol. The number of ether oxygens (including phenoxy) is 2. The summed E-state index contributed by atoms with van der Waals surface area (Å²) < 4.78 is 10.8. The van der Waals surface area contributed by atoms with Gasteiger partial charge in [-0.1, -0.05) is 41.9 Å². The molecule has 0 spiro atoms. The van der Waals surface area contributed by atoms with Crippen molar-refractivity contribution in [1.29, 1.82) is 0 Å². The van der Waals surface area contributed by atoms with Crippen LogP contribution in [0.15, 0.2) is 30.3 Å². The van der Waals surface area contributed by atoms with Crippen LogP contribution in [0.2, 0.25) is 0 Å². The van der Waals surface area contributed by atoms with Gasteiger partial charge in [0.2, 0.25) is 0 Å². The first-order valence-corrected chi connectivity index (χ1v) is 6.57. The maximum absolute atomic E-state index is 9.91. The molecule has 0 radical (unpaired) electrons. The molecule has 2 rings (SSSR count). The molecular weight excluding hydrogens is 288 g/mol. The SMILES string of the molecule is OC[C@@H]1OC(Cl)(c2ccccc2)O[C@H](CO)[C@@H](O)[C@@H]1O. The Morgan fingerprint density at radius 2 is 1.40 bits per heavy atom. The molecule has 0 amide bonds. The molecule has 1 aliphatic heterocycles. The van der Waals surface area contributed by atoms with Gasteiger partial charge >= 0.3 is 0 Å². The predicted molar refractivity (Wildman–Crippen MR) is 69.9 cm³/mol. The Morgan fingerprint density at radius 1 is 0.950 bits per heavy atom. The zero-order valence-electron chi connectivity index (χ0n) is 10.6. The summed E-state index contributed by atoms with van der Waals surface area (Å²) in [6.07, 6.45) is -5.14. The predicted octanol–water partition coefficient (Wildman–Crippen LogP) is -0.474. The van der Waals surface area contributed by atoms with Gasteiger partial charge in [0.15, 0.2) is 0 Å². The van der Waals surface area contributed by atoms with Gasteiger partial charge < -0.3 is 29.9 Å². The Morgan fingerprint density at radius 3 is 1.80 bits per heavy atom. The van der Waals surface area contributed by atoms with Crippen molar-refractivity contribution in [3.63, 3.8) is 0 Å². The number of rotatable bonds is 3. The van der Waals surface area contributed by atoms with Crippen molar-refractivity contribution in [2.24, 2.45) is 0 Å². The van der Waals surface area contributed by atoms with Crippen molar-refractivity contribution in [3.8, 4) is 0 Å². The van der Waals surface area contributed by atoms with Gasteiger partial charge in [0, 0.05) is 5.56 Å². The molecule has 1 saturated heterocycles. The van der Waals surface area contributed by atoms with Gasteiger partial charge in [-0.3, -0.25) is 0 Å². The quantitative estimate of drug-likeness (QED) is 0.563. The zero-order chi connectivity index (χ0) is 14.8. The summed E-state index contributed by atoms with van der Waals surface area (Å²) in [5, 5.41) is 36.6. The minimum absolute atomic E-state index is 0.430. The fraction of sp³-hybridized carbons (Fsp3) is 0.538. The van der Waals surface area contributed by atoms with E-state index in [1.807, 2.05) is 0 Å². The van der Waals surface area contributed by atoms with E-state index in [1.165, 1.54) is 0 Å². The van der Waals surface area contributed by atoms with E-state index in [-0.39, 0.29) is 0 Å². The summed E-state index contributed by atoms with van der Waals surface area (Å²) in [4.78, 5) is 0. The van der Waals surface area contributed by atoms with Crippen LogP contribution < -0.4 is 0 Å². The van der Waals surface area contributed by atoms with Crippen LogP contribution in [0, 0.1) is 0 Å². The van der Waals surface area contributed by atoms with Gasteiger partial charge in [0.1, 0.15) is 24.4 Å². The van der Waals surface area contributed by atoms with Crippen molar-refractivity contribution in [1.82, 2.24) is 0 Å². The van der Waals surface area contributed by atoms with E-state index in [9.17, 15) is 20.4 Å². The molecule has 1 aromatic carbocycles. The minimum atomic E-state index is -1.81. The van der Waals surface area contributed by atoms with Crippen LogP contribution in [-0.4, -0.2) is 58.1 Å². The molecule has 0 bridgehead atoms. The molecule has 20 heavy (non-hydrogen) atoms. The number of aliphatic hydroxyl groups is 4. The number of aliphatic hydroxyl groups excluding tert-OH is 4. The first kappa shape index (κ1) is 15.7. The van der Waals surface area contributed by atoms with E-state index in [1.54, 1.807) is 30.3 Å². The molecule has 1 aromatic rings. The first-order chi connectivity index (χ1) is 9.51. The van der Waals surface area contributed by atoms with Crippen molar-refractivity contribution in [2.45, 2.75) is 29.7 Å². The summed E-state index contributed by atoms with van der Waals surface area (Å²) in [6, 6.07) is 8.48. The minimum Gasteiger partial charge on any atom is -0.394 e. The fourth-order valence-corrected chi connectivity index (χ4v) is 2.42. The molecule has 0 aromatic heterocycles. The van der Waals surface area contributed by atoms with Gasteiger partial charge in [-0.05, 0) is 0 Å². The van der Waals surface area contributed by atoms with Gasteiger partial charge in [-0.15, -0.1) is 0 Å². The Balaban J connectivity index is 2.37. The van der Waals surface area contributed by atoms with Crippen molar-refractivity contribution < 1.29 is 29.9 Å². The number of alkyl halides is 1. The second-order valence-electron chi connectivity index (χ2n) is 4.56. The Bertz CT molecular complexity index is 410. The molecule has 6 nitrogen and oxygen atoms in total. The largest absolute Gasteiger partial charge is 0.394 e. The maximum atomic E-state index is 9.91. The number of hydrogen-bond donors (Lipinski definition) is 4. The lowest BCUT2D eigenvalue weighted by atomic mass is 10.0. The molecule has 0 aliphatic carbocycles. The van der Waals surface area contributed by atoms with E-state index in [4.69, 9.17) is 21.1 Å². The van der Waals surface area contributed by atoms with Crippen molar-refractivity contribution in [2.75, 3.05) is 13.2 Å². The molecule has 1 fully saturated rings. The standard InChI is InChI=1S/C13H17ClO6/c14-13(8-4-2-1-3-5-8)19-9(6-15)11(17)12(18)10(7-16)20-13/h1-5,9-12,15-18H,6-7H2/t9-,10+,11-,12-,13?/m1/s1. The molecule has 1 unspecified atom stereocenters. The van der Waals surface area contributed by atoms with Crippen LogP contribution in [0.1, 0.15) is 5.56 Å². The average Bonchev–Trinajstić information content (AvgIpc) is 2.58. The van der Waals surface area contributed by atoms with Crippen LogP contribution >= 0.6 is 11.6 Å². The van der Waals surface area contributed by atoms with E-state index < -0.39 is 42.9 Å². The highest BCUT2D eigenvalue weighted by atomic mass is 35.5. The molecule has 1 aliphatic rings. The van der Waals surface area contributed by atoms with Gasteiger partial charge in [-0.25, -0.2) is 0 Å². The highest BCUT2D eigenvalue weighted by Crippen LogP contribution is 2.38. The van der Waals surface area contributed by atoms with Gasteiger partial charge in [0.25, 0.3) is 5.25 Å². The topological polar surface area (TPSA) is 99.4 Å². The van der Waals surface area contributed by atoms with Crippen LogP contribution in [-0.2, 0) is 14.7 Å². The van der Waals surface area contributed by atoms with Crippen LogP contribution in [0.5, 0.6) is 0 Å². The van der Waals surface area contributed by atoms with E-state index >= 15 is 0 Å². The summed E-state index contributed by atoms with van der Waals surface area (Å²) >= 11 is 6.29. The molecular formula is C13H17ClO6. The molecule has 0 saturated carbocycles. The van der Waals surface area contributed by atoms with Crippen molar-refractivity contribution in [3.05, 3.63) is 35.9 Å². The van der Waals surface area contributed by atoms with E-state index in [2.05, 4.69) is 0 Å². The smallest absolute Gasteiger partial charge is 0.277 e. The molecule has 4 N–H and O–H groups in total. The number of hydrogen-bond acceptors (Lipinski definition) is 6. The summed E-state index contributed by atoms with van der Waals surface area (Å²) in [5.41, 5.74) is 0.430. The van der Waals surface area contributed by atoms with E-state index in [0.717, 1.165) is 0 Å². The molecule has 7 heteroatoms. The molecule has 1 heterocycles. The molecule has 112 valence electrons. The number of benzene rings is 1. The van der Waals surface area contributed by atoms with Crippen LogP contribution in [0.3, 0.4) is 0 Å². The normalized spacial score (nSPS) is 38.5. The second kappa shape index (κ2) is 6.36.